The quantitative estimate of drug-likeness (QED) is 0.0379. The largest absolute Gasteiger partial charge is 0.378 e. The number of amides is 8. The monoisotopic (exact) mass is 1100 g/mol. The molecule has 0 radical (unpaired) electrons. The van der Waals surface area contributed by atoms with Gasteiger partial charge in [0.25, 0.3) is 0 Å². The first kappa shape index (κ1) is 66.7. The predicted molar refractivity (Wildman–Crippen MR) is 270 cm³/mol. The Balaban J connectivity index is 0.000000400. The van der Waals surface area contributed by atoms with Gasteiger partial charge in [0.1, 0.15) is 24.4 Å². The minimum absolute atomic E-state index is 0.262. The molecule has 4 aliphatic rings. The van der Waals surface area contributed by atoms with E-state index < -0.39 is 48.5 Å². The van der Waals surface area contributed by atoms with Crippen LogP contribution in [0.4, 0.5) is 19.2 Å². The average molecular weight is 1100 g/mol. The van der Waals surface area contributed by atoms with E-state index in [1.807, 2.05) is 27.7 Å². The zero-order valence-electron chi connectivity index (χ0n) is 46.7. The van der Waals surface area contributed by atoms with Gasteiger partial charge >= 0.3 is 24.1 Å². The Morgan fingerprint density at radius 1 is 0.329 bits per heavy atom. The lowest BCUT2D eigenvalue weighted by molar-refractivity contribution is -0.258. The van der Waals surface area contributed by atoms with Crippen molar-refractivity contribution in [3.05, 3.63) is 0 Å². The molecule has 0 aromatic heterocycles. The second-order valence-electron chi connectivity index (χ2n) is 18.7. The van der Waals surface area contributed by atoms with Gasteiger partial charge in [0.2, 0.25) is 0 Å². The van der Waals surface area contributed by atoms with E-state index in [1.54, 1.807) is 56.9 Å². The summed E-state index contributed by atoms with van der Waals surface area (Å²) in [6.07, 6.45) is 3.25. The third-order valence-electron chi connectivity index (χ3n) is 13.2. The van der Waals surface area contributed by atoms with Gasteiger partial charge in [-0.2, -0.15) is 0 Å². The molecule has 4 fully saturated rings. The molecule has 4 rings (SSSR count). The van der Waals surface area contributed by atoms with Crippen molar-refractivity contribution in [2.45, 2.75) is 203 Å². The van der Waals surface area contributed by atoms with Crippen molar-refractivity contribution in [3.63, 3.8) is 0 Å². The van der Waals surface area contributed by atoms with Crippen LogP contribution in [-0.4, -0.2) is 206 Å². The first-order valence-corrected chi connectivity index (χ1v) is 26.3. The highest BCUT2D eigenvalue weighted by Gasteiger charge is 2.42. The van der Waals surface area contributed by atoms with Crippen LogP contribution in [0, 0.1) is 0 Å². The minimum Gasteiger partial charge on any atom is -0.378 e. The Morgan fingerprint density at radius 3 is 0.697 bits per heavy atom. The highest BCUT2D eigenvalue weighted by Crippen LogP contribution is 2.28. The smallest absolute Gasteiger partial charge is 0.338 e. The van der Waals surface area contributed by atoms with Crippen molar-refractivity contribution < 1.29 is 95.4 Å². The Bertz CT molecular complexity index is 1380. The lowest BCUT2D eigenvalue weighted by Gasteiger charge is -2.38. The van der Waals surface area contributed by atoms with E-state index in [0.29, 0.717) is 51.9 Å². The number of unbranched alkanes of at least 4 members (excludes halogenated alkanes) is 6. The van der Waals surface area contributed by atoms with E-state index in [2.05, 4.69) is 43.2 Å². The fraction of sp³-hybridized carbons (Fsp3) is 0.917. The molecule has 8 N–H and O–H groups in total. The standard InChI is InChI=1S/2C24H46N4O10/c2*1-15-21(17(31-3)13-19(33-5)35-15)37-27-23(29)25-11-9-7-8-10-12-26-24(30)28-38-22-16(2)36-20(34-6)14-18(22)32-4/h2*15-22H,7-14H2,1-6H3,(H2,25,27,29)(H2,26,28,30)/t2*15-,16-,17-,18-,19+,20+,21+,22+/m00/s1. The van der Waals surface area contributed by atoms with Gasteiger partial charge in [-0.15, -0.1) is 0 Å². The van der Waals surface area contributed by atoms with Gasteiger partial charge in [-0.05, 0) is 53.4 Å². The summed E-state index contributed by atoms with van der Waals surface area (Å²) >= 11 is 0. The van der Waals surface area contributed by atoms with Crippen molar-refractivity contribution >= 4 is 24.1 Å². The molecule has 0 saturated carbocycles. The molecule has 0 spiro atoms. The highest BCUT2D eigenvalue weighted by atomic mass is 16.7. The van der Waals surface area contributed by atoms with E-state index >= 15 is 0 Å². The van der Waals surface area contributed by atoms with E-state index in [1.165, 1.54) is 0 Å². The molecule has 0 aromatic carbocycles. The summed E-state index contributed by atoms with van der Waals surface area (Å²) < 4.78 is 65.5. The van der Waals surface area contributed by atoms with Gasteiger partial charge in [0.15, 0.2) is 25.2 Å². The molecule has 4 aliphatic heterocycles. The topological polar surface area (TPSA) is 312 Å². The van der Waals surface area contributed by atoms with Crippen molar-refractivity contribution in [1.29, 1.82) is 0 Å². The fourth-order valence-corrected chi connectivity index (χ4v) is 8.85. The lowest BCUT2D eigenvalue weighted by Crippen LogP contribution is -2.53. The molecular weight excluding hydrogens is 1010 g/mol. The molecule has 444 valence electrons. The van der Waals surface area contributed by atoms with E-state index in [0.717, 1.165) is 51.4 Å². The molecule has 16 atom stereocenters. The summed E-state index contributed by atoms with van der Waals surface area (Å²) in [5, 5.41) is 11.0. The maximum absolute atomic E-state index is 12.0. The molecule has 0 bridgehead atoms. The number of hydroxylamine groups is 4. The molecule has 4 heterocycles. The van der Waals surface area contributed by atoms with Crippen LogP contribution in [0.25, 0.3) is 0 Å². The SMILES string of the molecule is CO[C@H]1C[C@H](OC)[C@H](ONC(=O)NCCCCCCNC(=O)NO[C@@H]2[C@H](C)O[C@@H](OC)C[C@@H]2OC)[C@H](C)O1.CO[C@H]1C[C@H](OC)[C@H](ONC(=O)NCCCCCCNC(=O)NO[C@@H]2[C@H](C)O[C@@H](OC)C[C@@H]2OC)[C@H](C)O1. The van der Waals surface area contributed by atoms with Crippen molar-refractivity contribution in [2.24, 2.45) is 0 Å². The molecule has 0 aliphatic carbocycles. The van der Waals surface area contributed by atoms with Crippen LogP contribution in [0.2, 0.25) is 0 Å². The van der Waals surface area contributed by atoms with Crippen LogP contribution in [0.5, 0.6) is 0 Å². The Morgan fingerprint density at radius 2 is 0.526 bits per heavy atom. The average Bonchev–Trinajstić information content (AvgIpc) is 3.42. The molecule has 0 aromatic rings. The number of nitrogens with one attached hydrogen (secondary N) is 8. The van der Waals surface area contributed by atoms with E-state index in [-0.39, 0.29) is 74.0 Å². The first-order chi connectivity index (χ1) is 36.6. The second-order valence-corrected chi connectivity index (χ2v) is 18.7. The number of urea groups is 4. The summed E-state index contributed by atoms with van der Waals surface area (Å²) in [4.78, 5) is 70.3. The molecule has 8 amide bonds. The van der Waals surface area contributed by atoms with Crippen LogP contribution in [0.15, 0.2) is 0 Å². The third-order valence-corrected chi connectivity index (χ3v) is 13.2. The highest BCUT2D eigenvalue weighted by molar-refractivity contribution is 5.73. The maximum atomic E-state index is 12.0. The molecule has 4 saturated heterocycles. The number of hydrogen-bond acceptors (Lipinski definition) is 20. The van der Waals surface area contributed by atoms with Crippen LogP contribution < -0.4 is 43.2 Å². The van der Waals surface area contributed by atoms with Gasteiger partial charge in [0.05, 0.1) is 48.8 Å². The first-order valence-electron chi connectivity index (χ1n) is 26.3. The van der Waals surface area contributed by atoms with Gasteiger partial charge in [-0.25, -0.2) is 41.1 Å². The normalized spacial score (nSPS) is 31.4. The minimum atomic E-state index is -0.448. The zero-order valence-corrected chi connectivity index (χ0v) is 46.7. The number of ether oxygens (including phenoxy) is 12. The van der Waals surface area contributed by atoms with Gasteiger partial charge in [-0.1, -0.05) is 25.7 Å². The van der Waals surface area contributed by atoms with Gasteiger partial charge < -0.3 is 78.1 Å². The predicted octanol–water partition coefficient (Wildman–Crippen LogP) is 2.68. The molecule has 0 unspecified atom stereocenters. The lowest BCUT2D eigenvalue weighted by atomic mass is 10.0. The van der Waals surface area contributed by atoms with Crippen LogP contribution in [0.3, 0.4) is 0 Å². The van der Waals surface area contributed by atoms with Crippen molar-refractivity contribution in [2.75, 3.05) is 83.1 Å². The molecule has 76 heavy (non-hydrogen) atoms. The van der Waals surface area contributed by atoms with E-state index in [4.69, 9.17) is 76.2 Å². The Labute approximate surface area is 448 Å². The summed E-state index contributed by atoms with van der Waals surface area (Å²) in [7, 11) is 12.6. The van der Waals surface area contributed by atoms with Crippen LogP contribution in [-0.2, 0) is 76.2 Å². The van der Waals surface area contributed by atoms with Crippen molar-refractivity contribution in [1.82, 2.24) is 43.2 Å². The zero-order chi connectivity index (χ0) is 55.8. The van der Waals surface area contributed by atoms with Crippen LogP contribution in [0.1, 0.15) is 105 Å². The number of methoxy groups -OCH3 is 8. The Hall–Kier alpha value is -3.56. The van der Waals surface area contributed by atoms with E-state index in [9.17, 15) is 19.2 Å². The molecule has 28 heteroatoms. The second kappa shape index (κ2) is 38.1. The number of carbonyl (C=O) groups excluding carboxylic acids is 4. The van der Waals surface area contributed by atoms with Crippen LogP contribution >= 0.6 is 0 Å². The summed E-state index contributed by atoms with van der Waals surface area (Å²) in [6.45, 7) is 9.36. The molecular formula is C48H92N8O20. The fourth-order valence-electron chi connectivity index (χ4n) is 8.85. The Kier molecular flexibility index (Phi) is 33.5. The number of carbonyl (C=O) groups is 4. The summed E-state index contributed by atoms with van der Waals surface area (Å²) in [6, 6.07) is -1.70. The van der Waals surface area contributed by atoms with Gasteiger partial charge in [-0.3, -0.25) is 19.4 Å². The number of hydrogen-bond donors (Lipinski definition) is 8. The maximum Gasteiger partial charge on any atom is 0.338 e. The van der Waals surface area contributed by atoms with Gasteiger partial charge in [0, 0.05) is 109 Å². The summed E-state index contributed by atoms with van der Waals surface area (Å²) in [5.41, 5.74) is 9.66. The molecule has 28 nitrogen and oxygen atoms in total. The summed E-state index contributed by atoms with van der Waals surface area (Å²) in [5.74, 6) is 0. The van der Waals surface area contributed by atoms with Crippen molar-refractivity contribution in [3.8, 4) is 0 Å². The third kappa shape index (κ3) is 24.2. The number of rotatable bonds is 30.